The van der Waals surface area contributed by atoms with Crippen LogP contribution in [0.1, 0.15) is 16.8 Å². The Hall–Kier alpha value is -2.01. The van der Waals surface area contributed by atoms with E-state index in [0.717, 1.165) is 0 Å². The monoisotopic (exact) mass is 282 g/mol. The van der Waals surface area contributed by atoms with E-state index in [0.29, 0.717) is 18.7 Å². The molecular formula is C13H15ClN2O3. The lowest BCUT2D eigenvalue weighted by Crippen LogP contribution is -2.31. The highest BCUT2D eigenvalue weighted by Crippen LogP contribution is 2.21. The first kappa shape index (κ1) is 15.0. The van der Waals surface area contributed by atoms with Gasteiger partial charge in [0.1, 0.15) is 0 Å². The molecule has 0 spiro atoms. The van der Waals surface area contributed by atoms with E-state index >= 15 is 0 Å². The summed E-state index contributed by atoms with van der Waals surface area (Å²) in [6.45, 7) is 4.13. The van der Waals surface area contributed by atoms with Crippen LogP contribution >= 0.6 is 11.6 Å². The molecule has 0 radical (unpaired) electrons. The minimum atomic E-state index is -1.11. The summed E-state index contributed by atoms with van der Waals surface area (Å²) in [6.07, 6.45) is 2.42. The largest absolute Gasteiger partial charge is 0.478 e. The average molecular weight is 283 g/mol. The van der Waals surface area contributed by atoms with Gasteiger partial charge < -0.3 is 15.3 Å². The number of hydrogen-bond donors (Lipinski definition) is 2. The van der Waals surface area contributed by atoms with Crippen LogP contribution in [0.4, 0.5) is 10.5 Å². The van der Waals surface area contributed by atoms with E-state index in [1.807, 2.05) is 0 Å². The Bertz CT molecular complexity index is 503. The normalized spacial score (nSPS) is 9.79. The molecule has 2 amide bonds. The molecule has 0 saturated carbocycles. The number of carboxylic acids is 1. The first-order valence-corrected chi connectivity index (χ1v) is 5.99. The molecule has 1 rings (SSSR count). The molecule has 0 aromatic heterocycles. The second-order valence-electron chi connectivity index (χ2n) is 3.93. The molecule has 0 heterocycles. The fourth-order valence-corrected chi connectivity index (χ4v) is 1.63. The van der Waals surface area contributed by atoms with Crippen LogP contribution in [0.15, 0.2) is 30.9 Å². The van der Waals surface area contributed by atoms with Gasteiger partial charge in [-0.3, -0.25) is 0 Å². The summed E-state index contributed by atoms with van der Waals surface area (Å²) < 4.78 is 0. The van der Waals surface area contributed by atoms with Crippen LogP contribution in [0.5, 0.6) is 0 Å². The van der Waals surface area contributed by atoms with Gasteiger partial charge in [0, 0.05) is 19.3 Å². The lowest BCUT2D eigenvalue weighted by molar-refractivity contribution is 0.0697. The van der Waals surface area contributed by atoms with Crippen LogP contribution in [0, 0.1) is 0 Å². The number of halogens is 1. The Morgan fingerprint density at radius 2 is 2.21 bits per heavy atom. The number of rotatable bonds is 5. The van der Waals surface area contributed by atoms with Crippen LogP contribution in [0.3, 0.4) is 0 Å². The van der Waals surface area contributed by atoms with E-state index < -0.39 is 5.97 Å². The van der Waals surface area contributed by atoms with Gasteiger partial charge in [0.15, 0.2) is 0 Å². The highest BCUT2D eigenvalue weighted by atomic mass is 35.5. The Labute approximate surface area is 116 Å². The number of urea groups is 1. The second kappa shape index (κ2) is 6.80. The van der Waals surface area contributed by atoms with Gasteiger partial charge in [-0.2, -0.15) is 0 Å². The van der Waals surface area contributed by atoms with Gasteiger partial charge in [-0.15, -0.1) is 6.58 Å². The third kappa shape index (κ3) is 4.30. The van der Waals surface area contributed by atoms with Crippen molar-refractivity contribution < 1.29 is 14.7 Å². The predicted molar refractivity (Wildman–Crippen MR) is 74.9 cm³/mol. The number of anilines is 1. The van der Waals surface area contributed by atoms with Gasteiger partial charge in [0.25, 0.3) is 0 Å². The molecule has 6 heteroatoms. The molecule has 2 N–H and O–H groups in total. The standard InChI is InChI=1S/C13H15ClN2O3/c1-3-4-7-16(2)13(19)15-9-5-6-10(12(17)18)11(14)8-9/h3,5-6,8H,1,4,7H2,2H3,(H,15,19)(H,17,18). The molecule has 19 heavy (non-hydrogen) atoms. The SMILES string of the molecule is C=CCCN(C)C(=O)Nc1ccc(C(=O)O)c(Cl)c1. The molecule has 0 aliphatic carbocycles. The molecular weight excluding hydrogens is 268 g/mol. The lowest BCUT2D eigenvalue weighted by Gasteiger charge is -2.17. The van der Waals surface area contributed by atoms with E-state index in [-0.39, 0.29) is 16.6 Å². The zero-order chi connectivity index (χ0) is 14.4. The molecule has 102 valence electrons. The van der Waals surface area contributed by atoms with Crippen LogP contribution in [-0.4, -0.2) is 35.6 Å². The predicted octanol–water partition coefficient (Wildman–Crippen LogP) is 3.08. The van der Waals surface area contributed by atoms with Crippen molar-refractivity contribution in [3.05, 3.63) is 41.4 Å². The minimum Gasteiger partial charge on any atom is -0.478 e. The van der Waals surface area contributed by atoms with Crippen molar-refractivity contribution in [2.75, 3.05) is 18.9 Å². The van der Waals surface area contributed by atoms with Gasteiger partial charge in [-0.25, -0.2) is 9.59 Å². The minimum absolute atomic E-state index is 0.000299. The first-order valence-electron chi connectivity index (χ1n) is 5.61. The smallest absolute Gasteiger partial charge is 0.337 e. The number of carbonyl (C=O) groups is 2. The summed E-state index contributed by atoms with van der Waals surface area (Å²) in [5, 5.41) is 11.5. The molecule has 0 aliphatic heterocycles. The van der Waals surface area contributed by atoms with E-state index in [4.69, 9.17) is 16.7 Å². The van der Waals surface area contributed by atoms with Gasteiger partial charge in [-0.05, 0) is 24.6 Å². The molecule has 0 fully saturated rings. The number of nitrogens with zero attached hydrogens (tertiary/aromatic N) is 1. The zero-order valence-corrected chi connectivity index (χ0v) is 11.3. The number of aromatic carboxylic acids is 1. The van der Waals surface area contributed by atoms with Crippen molar-refractivity contribution in [2.45, 2.75) is 6.42 Å². The summed E-state index contributed by atoms with van der Waals surface area (Å²) in [5.74, 6) is -1.11. The van der Waals surface area contributed by atoms with Crippen molar-refractivity contribution in [3.8, 4) is 0 Å². The second-order valence-corrected chi connectivity index (χ2v) is 4.34. The molecule has 1 aromatic rings. The average Bonchev–Trinajstić information content (AvgIpc) is 2.35. The number of amides is 2. The number of carbonyl (C=O) groups excluding carboxylic acids is 1. The Kier molecular flexibility index (Phi) is 5.38. The quantitative estimate of drug-likeness (QED) is 0.816. The van der Waals surface area contributed by atoms with Crippen LogP contribution < -0.4 is 5.32 Å². The molecule has 0 unspecified atom stereocenters. The Morgan fingerprint density at radius 3 is 2.74 bits per heavy atom. The number of hydrogen-bond acceptors (Lipinski definition) is 2. The summed E-state index contributed by atoms with van der Waals surface area (Å²) in [4.78, 5) is 24.1. The molecule has 5 nitrogen and oxygen atoms in total. The third-order valence-electron chi connectivity index (χ3n) is 2.47. The molecule has 0 saturated heterocycles. The zero-order valence-electron chi connectivity index (χ0n) is 10.5. The van der Waals surface area contributed by atoms with E-state index in [1.54, 1.807) is 13.1 Å². The molecule has 0 aliphatic rings. The highest BCUT2D eigenvalue weighted by molar-refractivity contribution is 6.33. The van der Waals surface area contributed by atoms with Gasteiger partial charge in [0.05, 0.1) is 10.6 Å². The number of carboxylic acid groups (broad SMARTS) is 1. The number of benzene rings is 1. The van der Waals surface area contributed by atoms with E-state index in [2.05, 4.69) is 11.9 Å². The highest BCUT2D eigenvalue weighted by Gasteiger charge is 2.11. The molecule has 0 atom stereocenters. The maximum Gasteiger partial charge on any atom is 0.337 e. The van der Waals surface area contributed by atoms with Crippen LogP contribution in [-0.2, 0) is 0 Å². The van der Waals surface area contributed by atoms with Crippen molar-refractivity contribution in [2.24, 2.45) is 0 Å². The van der Waals surface area contributed by atoms with Crippen LogP contribution in [0.25, 0.3) is 0 Å². The van der Waals surface area contributed by atoms with Crippen molar-refractivity contribution in [3.63, 3.8) is 0 Å². The summed E-state index contributed by atoms with van der Waals surface area (Å²) in [7, 11) is 1.66. The fraction of sp³-hybridized carbons (Fsp3) is 0.231. The van der Waals surface area contributed by atoms with E-state index in [1.165, 1.54) is 23.1 Å². The molecule has 0 bridgehead atoms. The lowest BCUT2D eigenvalue weighted by atomic mass is 10.2. The van der Waals surface area contributed by atoms with Gasteiger partial charge >= 0.3 is 12.0 Å². The van der Waals surface area contributed by atoms with Gasteiger partial charge in [0.2, 0.25) is 0 Å². The molecule has 1 aromatic carbocycles. The summed E-state index contributed by atoms with van der Waals surface area (Å²) >= 11 is 5.81. The fourth-order valence-electron chi connectivity index (χ4n) is 1.37. The van der Waals surface area contributed by atoms with E-state index in [9.17, 15) is 9.59 Å². The maximum atomic E-state index is 11.8. The topological polar surface area (TPSA) is 69.6 Å². The van der Waals surface area contributed by atoms with Crippen molar-refractivity contribution in [1.82, 2.24) is 4.90 Å². The summed E-state index contributed by atoms with van der Waals surface area (Å²) in [6, 6.07) is 3.96. The Balaban J connectivity index is 2.72. The number of nitrogens with one attached hydrogen (secondary N) is 1. The van der Waals surface area contributed by atoms with Gasteiger partial charge in [-0.1, -0.05) is 17.7 Å². The maximum absolute atomic E-state index is 11.8. The first-order chi connectivity index (χ1) is 8.95. The van der Waals surface area contributed by atoms with Crippen molar-refractivity contribution >= 4 is 29.3 Å². The van der Waals surface area contributed by atoms with Crippen LogP contribution in [0.2, 0.25) is 5.02 Å². The third-order valence-corrected chi connectivity index (χ3v) is 2.78. The Morgan fingerprint density at radius 1 is 1.53 bits per heavy atom. The summed E-state index contributed by atoms with van der Waals surface area (Å²) in [5.41, 5.74) is 0.449. The van der Waals surface area contributed by atoms with Crippen molar-refractivity contribution in [1.29, 1.82) is 0 Å².